The quantitative estimate of drug-likeness (QED) is 0.548. The third kappa shape index (κ3) is 4.04. The van der Waals surface area contributed by atoms with Crippen molar-refractivity contribution in [1.29, 1.82) is 0 Å². The van der Waals surface area contributed by atoms with Crippen LogP contribution in [0.15, 0.2) is 74.7 Å². The fourth-order valence-electron chi connectivity index (χ4n) is 3.21. The molecule has 4 nitrogen and oxygen atoms in total. The Morgan fingerprint density at radius 3 is 2.67 bits per heavy atom. The molecule has 0 unspecified atom stereocenters. The van der Waals surface area contributed by atoms with Crippen LogP contribution in [0.1, 0.15) is 12.6 Å². The highest BCUT2D eigenvalue weighted by molar-refractivity contribution is 8.09. The first-order valence-electron chi connectivity index (χ1n) is 9.10. The molecule has 4 rings (SSSR count). The summed E-state index contributed by atoms with van der Waals surface area (Å²) in [6.07, 6.45) is -0.962. The van der Waals surface area contributed by atoms with Gasteiger partial charge in [0.15, 0.2) is 0 Å². The summed E-state index contributed by atoms with van der Waals surface area (Å²) < 4.78 is 41.8. The number of fused-ring (bicyclic) bond motifs is 1. The van der Waals surface area contributed by atoms with Crippen LogP contribution >= 0.6 is 23.5 Å². The van der Waals surface area contributed by atoms with Crippen LogP contribution in [0, 0.1) is 0 Å². The van der Waals surface area contributed by atoms with Gasteiger partial charge in [-0.3, -0.25) is 4.98 Å². The number of halogens is 3. The summed E-state index contributed by atoms with van der Waals surface area (Å²) in [4.78, 5) is 10.1. The molecule has 2 aliphatic rings. The van der Waals surface area contributed by atoms with Crippen molar-refractivity contribution < 1.29 is 17.9 Å². The molecule has 0 amide bonds. The number of anilines is 1. The minimum atomic E-state index is -4.72. The van der Waals surface area contributed by atoms with Crippen molar-refractivity contribution in [3.63, 3.8) is 0 Å². The number of thioether (sulfide) groups is 2. The molecule has 1 aromatic heterocycles. The van der Waals surface area contributed by atoms with E-state index >= 15 is 0 Å². The number of nitrogens with zero attached hydrogens (tertiary/aromatic N) is 3. The predicted octanol–water partition coefficient (Wildman–Crippen LogP) is 6.27. The Morgan fingerprint density at radius 1 is 1.20 bits per heavy atom. The number of hydrogen-bond donors (Lipinski definition) is 0. The first-order chi connectivity index (χ1) is 14.3. The fraction of sp³-hybridized carbons (Fsp3) is 0.190. The summed E-state index contributed by atoms with van der Waals surface area (Å²) >= 11 is 3.00. The molecule has 1 aromatic carbocycles. The van der Waals surface area contributed by atoms with E-state index in [4.69, 9.17) is 0 Å². The second-order valence-electron chi connectivity index (χ2n) is 6.50. The van der Waals surface area contributed by atoms with Crippen LogP contribution in [0.4, 0.5) is 18.9 Å². The summed E-state index contributed by atoms with van der Waals surface area (Å²) in [6, 6.07) is 10.1. The fourth-order valence-corrected chi connectivity index (χ4v) is 5.79. The molecule has 1 fully saturated rings. The predicted molar refractivity (Wildman–Crippen MR) is 116 cm³/mol. The Kier molecular flexibility index (Phi) is 5.50. The van der Waals surface area contributed by atoms with Gasteiger partial charge in [0.1, 0.15) is 5.75 Å². The molecule has 1 saturated heterocycles. The molecule has 0 atom stereocenters. The lowest BCUT2D eigenvalue weighted by Crippen LogP contribution is -2.17. The second kappa shape index (κ2) is 7.96. The van der Waals surface area contributed by atoms with Gasteiger partial charge >= 0.3 is 6.36 Å². The van der Waals surface area contributed by atoms with Gasteiger partial charge in [0, 0.05) is 24.7 Å². The van der Waals surface area contributed by atoms with Gasteiger partial charge in [0.25, 0.3) is 0 Å². The van der Waals surface area contributed by atoms with Crippen LogP contribution in [0.5, 0.6) is 5.75 Å². The largest absolute Gasteiger partial charge is 0.573 e. The topological polar surface area (TPSA) is 28.6 Å². The van der Waals surface area contributed by atoms with Gasteiger partial charge in [-0.2, -0.15) is 0 Å². The zero-order valence-corrected chi connectivity index (χ0v) is 17.9. The Hall–Kier alpha value is -2.52. The highest BCUT2D eigenvalue weighted by atomic mass is 32.2. The number of hydrogen-bond acceptors (Lipinski definition) is 6. The van der Waals surface area contributed by atoms with Gasteiger partial charge in [-0.05, 0) is 43.3 Å². The first-order valence-corrected chi connectivity index (χ1v) is 10.7. The van der Waals surface area contributed by atoms with Crippen LogP contribution in [-0.2, 0) is 0 Å². The van der Waals surface area contributed by atoms with Gasteiger partial charge in [0.2, 0.25) is 0 Å². The third-order valence-electron chi connectivity index (χ3n) is 4.57. The minimum absolute atomic E-state index is 0.225. The average molecular weight is 450 g/mol. The lowest BCUT2D eigenvalue weighted by molar-refractivity contribution is -0.274. The van der Waals surface area contributed by atoms with Crippen LogP contribution < -0.4 is 9.64 Å². The summed E-state index contributed by atoms with van der Waals surface area (Å²) in [7, 11) is 1.90. The van der Waals surface area contributed by atoms with Crippen LogP contribution in [0.2, 0.25) is 0 Å². The molecular formula is C21H18F3N3OS2. The van der Waals surface area contributed by atoms with Crippen LogP contribution in [0.3, 0.4) is 0 Å². The van der Waals surface area contributed by atoms with Gasteiger partial charge in [0.05, 0.1) is 32.0 Å². The molecule has 156 valence electrons. The SMILES string of the molecule is C=C1/C(=C2\Sc3cc(OC(F)(F)F)ccc3N2C)S/C(=C\c2ccccn2)N1CC. The van der Waals surface area contributed by atoms with E-state index in [1.807, 2.05) is 43.1 Å². The molecule has 0 radical (unpaired) electrons. The Labute approximate surface area is 181 Å². The number of alkyl halides is 3. The highest BCUT2D eigenvalue weighted by Gasteiger charge is 2.35. The molecule has 2 aliphatic heterocycles. The van der Waals surface area contributed by atoms with Gasteiger partial charge in [-0.1, -0.05) is 36.2 Å². The molecule has 30 heavy (non-hydrogen) atoms. The van der Waals surface area contributed by atoms with E-state index in [9.17, 15) is 13.2 Å². The molecule has 0 bridgehead atoms. The number of likely N-dealkylation sites (N-methyl/N-ethyl adjacent to an activating group) is 1. The summed E-state index contributed by atoms with van der Waals surface area (Å²) in [5.74, 6) is -0.225. The number of ether oxygens (including phenoxy) is 1. The van der Waals surface area contributed by atoms with Crippen molar-refractivity contribution >= 4 is 35.3 Å². The molecule has 0 saturated carbocycles. The second-order valence-corrected chi connectivity index (χ2v) is 8.56. The third-order valence-corrected chi connectivity index (χ3v) is 7.10. The van der Waals surface area contributed by atoms with E-state index in [-0.39, 0.29) is 5.75 Å². The Bertz CT molecular complexity index is 1050. The maximum absolute atomic E-state index is 12.6. The summed E-state index contributed by atoms with van der Waals surface area (Å²) in [5.41, 5.74) is 2.54. The lowest BCUT2D eigenvalue weighted by atomic mass is 10.3. The number of benzene rings is 1. The molecular weight excluding hydrogens is 431 g/mol. The van der Waals surface area contributed by atoms with Gasteiger partial charge in [-0.25, -0.2) is 0 Å². The minimum Gasteiger partial charge on any atom is -0.406 e. The van der Waals surface area contributed by atoms with Gasteiger partial charge < -0.3 is 14.5 Å². The number of rotatable bonds is 3. The van der Waals surface area contributed by atoms with Crippen molar-refractivity contribution in [3.8, 4) is 5.75 Å². The molecule has 0 spiro atoms. The monoisotopic (exact) mass is 449 g/mol. The maximum atomic E-state index is 12.6. The summed E-state index contributed by atoms with van der Waals surface area (Å²) in [6.45, 7) is 7.05. The molecule has 3 heterocycles. The molecule has 0 aliphatic carbocycles. The number of pyridine rings is 1. The zero-order chi connectivity index (χ0) is 21.5. The Morgan fingerprint density at radius 2 is 2.00 bits per heavy atom. The van der Waals surface area contributed by atoms with Crippen molar-refractivity contribution in [2.24, 2.45) is 0 Å². The standard InChI is InChI=1S/C21H18F3N3OS2/c1-4-27-13(2)19(30-18(27)11-14-7-5-6-10-25-14)20-26(3)16-9-8-15(12-17(16)29-20)28-21(22,23)24/h5-12H,2,4H2,1,3H3/b18-11-,20-19+. The first kappa shape index (κ1) is 20.7. The Balaban J connectivity index is 1.67. The normalized spacial score (nSPS) is 20.3. The smallest absolute Gasteiger partial charge is 0.406 e. The lowest BCUT2D eigenvalue weighted by Gasteiger charge is -2.19. The van der Waals surface area contributed by atoms with Crippen LogP contribution in [-0.4, -0.2) is 29.8 Å². The van der Waals surface area contributed by atoms with Crippen molar-refractivity contribution in [2.75, 3.05) is 18.5 Å². The van der Waals surface area contributed by atoms with Crippen molar-refractivity contribution in [2.45, 2.75) is 18.2 Å². The van der Waals surface area contributed by atoms with Crippen molar-refractivity contribution in [3.05, 3.63) is 75.5 Å². The van der Waals surface area contributed by atoms with Crippen LogP contribution in [0.25, 0.3) is 6.08 Å². The zero-order valence-electron chi connectivity index (χ0n) is 16.2. The van der Waals surface area contributed by atoms with E-state index in [1.54, 1.807) is 24.0 Å². The van der Waals surface area contributed by atoms with E-state index in [2.05, 4.69) is 21.2 Å². The maximum Gasteiger partial charge on any atom is 0.573 e. The van der Waals surface area contributed by atoms with Gasteiger partial charge in [-0.15, -0.1) is 13.2 Å². The average Bonchev–Trinajstić information content (AvgIpc) is 3.17. The highest BCUT2D eigenvalue weighted by Crippen LogP contribution is 2.55. The molecule has 0 N–H and O–H groups in total. The van der Waals surface area contributed by atoms with E-state index < -0.39 is 6.36 Å². The van der Waals surface area contributed by atoms with E-state index in [1.165, 1.54) is 23.9 Å². The summed E-state index contributed by atoms with van der Waals surface area (Å²) in [5, 5.41) is 1.93. The molecule has 2 aromatic rings. The number of aromatic nitrogens is 1. The van der Waals surface area contributed by atoms with E-state index in [0.717, 1.165) is 38.6 Å². The van der Waals surface area contributed by atoms with Crippen molar-refractivity contribution in [1.82, 2.24) is 9.88 Å². The molecule has 9 heteroatoms. The van der Waals surface area contributed by atoms with E-state index in [0.29, 0.717) is 4.90 Å².